The maximum Gasteiger partial charge on any atom is 0.408 e. The van der Waals surface area contributed by atoms with Gasteiger partial charge in [-0.25, -0.2) is 14.4 Å². The summed E-state index contributed by atoms with van der Waals surface area (Å²) in [6, 6.07) is 14.9. The van der Waals surface area contributed by atoms with Crippen LogP contribution in [0.5, 0.6) is 0 Å². The van der Waals surface area contributed by atoms with Crippen LogP contribution in [-0.2, 0) is 47.6 Å². The van der Waals surface area contributed by atoms with Gasteiger partial charge in [0.25, 0.3) is 0 Å². The number of aliphatic hydroxyl groups is 2. The Hall–Kier alpha value is -5.16. The van der Waals surface area contributed by atoms with Crippen molar-refractivity contribution in [3.8, 4) is 0 Å². The fourth-order valence-corrected chi connectivity index (χ4v) is 11.1. The molecule has 2 aromatic carbocycles. The standard InChI is InChI=1S/C48H62N2O14/c1-26-32(60-42(56)37(61-34(53)24-49)36(28-16-12-10-13-17-28)50-43(57)64-44(3,4)5)23-48(58)40(62-41(55)29-18-14-11-15-19-29)38-46(8,39(54)31(25-51)35(26)45(48,6)7)33(59-9)22-30-20-21-47(30,38)63-27(2)52/h10-19,30-33,36-38,40,51,58H,20-25,49H2,1-9H3,(H,50,57)/t30-,31-,32+,33+,36+,37-,38+,40+,46-,47+,48-/m1/s1. The number of esters is 4. The number of fused-ring (bicyclic) bond motifs is 5. The van der Waals surface area contributed by atoms with E-state index in [4.69, 9.17) is 34.2 Å². The Morgan fingerprint density at radius 2 is 1.59 bits per heavy atom. The Bertz CT molecular complexity index is 2150. The molecular weight excluding hydrogens is 829 g/mol. The van der Waals surface area contributed by atoms with Crippen LogP contribution in [0.2, 0.25) is 0 Å². The zero-order valence-corrected chi connectivity index (χ0v) is 38.0. The largest absolute Gasteiger partial charge is 0.458 e. The Morgan fingerprint density at radius 3 is 2.12 bits per heavy atom. The Balaban J connectivity index is 1.56. The SMILES string of the molecule is CO[C@H]1C[C@H]2CC[C@@]2(OC(C)=O)[C@H]2[C@H](OC(=O)c3ccccc3)[C@]3(O)C[C@H](OC(=O)[C@H](OC(=O)CN)[C@@H](NC(=O)OC(C)(C)C)c4ccccc4)C(C)=C([C@@H](CO)C(=O)[C@]12C)C3(C)C. The van der Waals surface area contributed by atoms with Crippen LogP contribution in [0, 0.1) is 28.6 Å². The molecule has 0 aliphatic heterocycles. The van der Waals surface area contributed by atoms with E-state index in [1.165, 1.54) is 26.2 Å². The lowest BCUT2D eigenvalue weighted by molar-refractivity contribution is -0.297. The number of ether oxygens (including phenoxy) is 6. The maximum atomic E-state index is 15.7. The van der Waals surface area contributed by atoms with Crippen LogP contribution in [0.3, 0.4) is 0 Å². The van der Waals surface area contributed by atoms with Crippen LogP contribution in [-0.4, -0.2) is 107 Å². The number of hydrogen-bond acceptors (Lipinski definition) is 15. The second kappa shape index (κ2) is 18.0. The number of methoxy groups -OCH3 is 1. The second-order valence-corrected chi connectivity index (χ2v) is 19.2. The molecule has 0 unspecified atom stereocenters. The molecule has 11 atom stereocenters. The fraction of sp³-hybridized carbons (Fsp3) is 0.583. The van der Waals surface area contributed by atoms with E-state index in [1.54, 1.807) is 97.0 Å². The van der Waals surface area contributed by atoms with E-state index < -0.39 is 125 Å². The molecule has 6 rings (SSSR count). The van der Waals surface area contributed by atoms with Crippen molar-refractivity contribution in [3.05, 3.63) is 82.9 Å². The first kappa shape index (κ1) is 48.3. The van der Waals surface area contributed by atoms with E-state index in [0.717, 1.165) is 0 Å². The molecule has 0 spiro atoms. The molecule has 64 heavy (non-hydrogen) atoms. The average molecular weight is 891 g/mol. The molecule has 2 bridgehead atoms. The Kier molecular flexibility index (Phi) is 13.6. The van der Waals surface area contributed by atoms with E-state index in [1.807, 2.05) is 0 Å². The van der Waals surface area contributed by atoms with Crippen molar-refractivity contribution >= 4 is 35.8 Å². The van der Waals surface area contributed by atoms with Crippen LogP contribution in [0.4, 0.5) is 4.79 Å². The number of alkyl carbamates (subject to hydrolysis) is 1. The number of benzene rings is 2. The smallest absolute Gasteiger partial charge is 0.408 e. The quantitative estimate of drug-likeness (QED) is 0.129. The number of ketones is 1. The lowest BCUT2D eigenvalue weighted by Gasteiger charge is -2.68. The van der Waals surface area contributed by atoms with Gasteiger partial charge in [0.1, 0.15) is 35.1 Å². The summed E-state index contributed by atoms with van der Waals surface area (Å²) in [5.74, 6) is -7.14. The number of nitrogens with one attached hydrogen (secondary N) is 1. The zero-order valence-electron chi connectivity index (χ0n) is 38.0. The number of nitrogens with two attached hydrogens (primary N) is 1. The van der Waals surface area contributed by atoms with Crippen molar-refractivity contribution < 1.29 is 67.4 Å². The van der Waals surface area contributed by atoms with Gasteiger partial charge in [0.05, 0.1) is 42.1 Å². The third-order valence-corrected chi connectivity index (χ3v) is 14.1. The second-order valence-electron chi connectivity index (χ2n) is 19.2. The van der Waals surface area contributed by atoms with Gasteiger partial charge in [-0.1, -0.05) is 62.4 Å². The highest BCUT2D eigenvalue weighted by Crippen LogP contribution is 2.68. The molecule has 2 aromatic rings. The first-order valence-electron chi connectivity index (χ1n) is 21.7. The van der Waals surface area contributed by atoms with Crippen LogP contribution >= 0.6 is 0 Å². The summed E-state index contributed by atoms with van der Waals surface area (Å²) in [7, 11) is 1.46. The molecule has 3 saturated carbocycles. The number of carbonyl (C=O) groups excluding carboxylic acids is 6. The summed E-state index contributed by atoms with van der Waals surface area (Å²) in [5.41, 5.74) is -1.15. The minimum atomic E-state index is -2.25. The van der Waals surface area contributed by atoms with Gasteiger partial charge >= 0.3 is 30.0 Å². The van der Waals surface area contributed by atoms with Crippen LogP contribution in [0.15, 0.2) is 71.8 Å². The van der Waals surface area contributed by atoms with Gasteiger partial charge in [0, 0.05) is 31.8 Å². The van der Waals surface area contributed by atoms with Crippen LogP contribution in [0.25, 0.3) is 0 Å². The van der Waals surface area contributed by atoms with E-state index in [2.05, 4.69) is 5.32 Å². The van der Waals surface area contributed by atoms with Gasteiger partial charge < -0.3 is 49.7 Å². The van der Waals surface area contributed by atoms with Crippen molar-refractivity contribution in [2.75, 3.05) is 20.3 Å². The number of carbonyl (C=O) groups is 6. The highest BCUT2D eigenvalue weighted by atomic mass is 16.6. The number of amides is 1. The normalized spacial score (nSPS) is 31.5. The molecule has 16 heteroatoms. The number of Topliss-reactive ketones (excluding diaryl/α,β-unsaturated/α-hetero) is 1. The highest BCUT2D eigenvalue weighted by Gasteiger charge is 2.77. The molecule has 0 heterocycles. The van der Waals surface area contributed by atoms with Crippen molar-refractivity contribution in [3.63, 3.8) is 0 Å². The fourth-order valence-electron chi connectivity index (χ4n) is 11.1. The molecule has 0 aromatic heterocycles. The van der Waals surface area contributed by atoms with Gasteiger partial charge in [-0.2, -0.15) is 0 Å². The molecular formula is C48H62N2O14. The van der Waals surface area contributed by atoms with E-state index >= 15 is 4.79 Å². The maximum absolute atomic E-state index is 15.7. The summed E-state index contributed by atoms with van der Waals surface area (Å²) in [5, 5.41) is 27.9. The lowest BCUT2D eigenvalue weighted by atomic mass is 9.40. The van der Waals surface area contributed by atoms with Crippen LogP contribution in [0.1, 0.15) is 103 Å². The number of aliphatic hydroxyl groups excluding tert-OH is 1. The average Bonchev–Trinajstić information content (AvgIpc) is 3.23. The first-order valence-corrected chi connectivity index (χ1v) is 21.7. The molecule has 4 aliphatic rings. The predicted molar refractivity (Wildman–Crippen MR) is 229 cm³/mol. The molecule has 4 aliphatic carbocycles. The molecule has 348 valence electrons. The summed E-state index contributed by atoms with van der Waals surface area (Å²) >= 11 is 0. The number of rotatable bonds is 12. The summed E-state index contributed by atoms with van der Waals surface area (Å²) in [6.45, 7) is 11.4. The summed E-state index contributed by atoms with van der Waals surface area (Å²) in [6.07, 6.45) is -6.06. The van der Waals surface area contributed by atoms with Gasteiger partial charge in [-0.15, -0.1) is 0 Å². The third kappa shape index (κ3) is 8.45. The molecule has 1 amide bonds. The minimum absolute atomic E-state index is 0.137. The lowest BCUT2D eigenvalue weighted by Crippen LogP contribution is -2.78. The van der Waals surface area contributed by atoms with E-state index in [9.17, 15) is 34.2 Å². The van der Waals surface area contributed by atoms with Crippen molar-refractivity contribution in [1.29, 1.82) is 0 Å². The van der Waals surface area contributed by atoms with Gasteiger partial charge in [0.2, 0.25) is 6.10 Å². The Labute approximate surface area is 373 Å². The van der Waals surface area contributed by atoms with Gasteiger partial charge in [-0.3, -0.25) is 14.4 Å². The Morgan fingerprint density at radius 1 is 0.969 bits per heavy atom. The topological polar surface area (TPSA) is 236 Å². The monoisotopic (exact) mass is 890 g/mol. The highest BCUT2D eigenvalue weighted by molar-refractivity contribution is 5.93. The molecule has 0 radical (unpaired) electrons. The van der Waals surface area contributed by atoms with Crippen molar-refractivity contribution in [2.24, 2.45) is 34.3 Å². The molecule has 16 nitrogen and oxygen atoms in total. The molecule has 0 saturated heterocycles. The van der Waals surface area contributed by atoms with E-state index in [0.29, 0.717) is 24.0 Å². The van der Waals surface area contributed by atoms with Crippen molar-refractivity contribution in [2.45, 2.75) is 128 Å². The van der Waals surface area contributed by atoms with Gasteiger partial charge in [0.15, 0.2) is 5.78 Å². The summed E-state index contributed by atoms with van der Waals surface area (Å²) < 4.78 is 36.4. The summed E-state index contributed by atoms with van der Waals surface area (Å²) in [4.78, 5) is 84.3. The zero-order chi connectivity index (χ0) is 47.2. The predicted octanol–water partition coefficient (Wildman–Crippen LogP) is 4.68. The first-order chi connectivity index (χ1) is 30.0. The van der Waals surface area contributed by atoms with Crippen molar-refractivity contribution in [1.82, 2.24) is 5.32 Å². The molecule has 3 fully saturated rings. The van der Waals surface area contributed by atoms with Crippen LogP contribution < -0.4 is 11.1 Å². The minimum Gasteiger partial charge on any atom is -0.458 e. The molecule has 5 N–H and O–H groups in total. The third-order valence-electron chi connectivity index (χ3n) is 14.1. The van der Waals surface area contributed by atoms with E-state index in [-0.39, 0.29) is 23.5 Å². The van der Waals surface area contributed by atoms with Gasteiger partial charge in [-0.05, 0) is 82.7 Å². The number of hydrogen-bond donors (Lipinski definition) is 4.